The fourth-order valence-corrected chi connectivity index (χ4v) is 2.15. The van der Waals surface area contributed by atoms with Crippen molar-refractivity contribution in [1.82, 2.24) is 5.32 Å². The summed E-state index contributed by atoms with van der Waals surface area (Å²) in [5.41, 5.74) is 3.26. The largest absolute Gasteiger partial charge is 0.497 e. The molecule has 0 aliphatic rings. The Morgan fingerprint density at radius 2 is 1.91 bits per heavy atom. The number of benzene rings is 2. The number of hydrogen-bond acceptors (Lipinski definition) is 3. The summed E-state index contributed by atoms with van der Waals surface area (Å²) in [4.78, 5) is 11.9. The van der Waals surface area contributed by atoms with Crippen LogP contribution in [0.5, 0.6) is 5.75 Å². The lowest BCUT2D eigenvalue weighted by atomic mass is 10.1. The Morgan fingerprint density at radius 3 is 2.59 bits per heavy atom. The Kier molecular flexibility index (Phi) is 5.98. The number of hydrogen-bond donors (Lipinski definition) is 2. The molecule has 0 radical (unpaired) electrons. The lowest BCUT2D eigenvalue weighted by Crippen LogP contribution is -2.21. The fraction of sp³-hybridized carbons (Fsp3) is 0.278. The molecule has 0 fully saturated rings. The molecule has 0 aliphatic carbocycles. The molecule has 4 nitrogen and oxygen atoms in total. The quantitative estimate of drug-likeness (QED) is 0.772. The molecule has 0 heterocycles. The Balaban J connectivity index is 1.69. The van der Waals surface area contributed by atoms with E-state index in [2.05, 4.69) is 35.8 Å². The van der Waals surface area contributed by atoms with E-state index < -0.39 is 0 Å². The van der Waals surface area contributed by atoms with E-state index in [1.165, 1.54) is 11.1 Å². The van der Waals surface area contributed by atoms with Crippen LogP contribution in [0.4, 0.5) is 5.69 Å². The molecule has 0 bridgehead atoms. The van der Waals surface area contributed by atoms with Crippen molar-refractivity contribution in [2.45, 2.75) is 19.9 Å². The Morgan fingerprint density at radius 1 is 1.14 bits per heavy atom. The van der Waals surface area contributed by atoms with Crippen molar-refractivity contribution < 1.29 is 9.53 Å². The summed E-state index contributed by atoms with van der Waals surface area (Å²) in [7, 11) is 1.62. The summed E-state index contributed by atoms with van der Waals surface area (Å²) in [5, 5.41) is 6.15. The minimum Gasteiger partial charge on any atom is -0.497 e. The minimum atomic E-state index is 0.00177. The normalized spacial score (nSPS) is 10.3. The zero-order chi connectivity index (χ0) is 15.8. The first-order valence-electron chi connectivity index (χ1n) is 7.37. The average Bonchev–Trinajstić information content (AvgIpc) is 2.52. The molecule has 0 unspecified atom stereocenters. The molecule has 1 amide bonds. The molecule has 22 heavy (non-hydrogen) atoms. The monoisotopic (exact) mass is 298 g/mol. The van der Waals surface area contributed by atoms with Crippen molar-refractivity contribution >= 4 is 11.6 Å². The third-order valence-corrected chi connectivity index (χ3v) is 3.31. The molecule has 2 aromatic rings. The maximum Gasteiger partial charge on any atom is 0.225 e. The van der Waals surface area contributed by atoms with E-state index in [1.807, 2.05) is 30.3 Å². The van der Waals surface area contributed by atoms with Crippen molar-refractivity contribution in [2.24, 2.45) is 0 Å². The summed E-state index contributed by atoms with van der Waals surface area (Å²) in [5.74, 6) is 0.778. The van der Waals surface area contributed by atoms with E-state index in [-0.39, 0.29) is 5.91 Å². The van der Waals surface area contributed by atoms with Crippen molar-refractivity contribution in [3.05, 3.63) is 59.7 Å². The Labute approximate surface area is 131 Å². The predicted octanol–water partition coefficient (Wildman–Crippen LogP) is 3.12. The third kappa shape index (κ3) is 5.22. The molecule has 4 heteroatoms. The van der Waals surface area contributed by atoms with Gasteiger partial charge in [-0.1, -0.05) is 29.8 Å². The van der Waals surface area contributed by atoms with Crippen LogP contribution in [0.3, 0.4) is 0 Å². The van der Waals surface area contributed by atoms with Crippen LogP contribution in [0.25, 0.3) is 0 Å². The van der Waals surface area contributed by atoms with Gasteiger partial charge in [-0.2, -0.15) is 0 Å². The van der Waals surface area contributed by atoms with Crippen LogP contribution < -0.4 is 15.4 Å². The van der Waals surface area contributed by atoms with Gasteiger partial charge in [-0.05, 0) is 36.8 Å². The lowest BCUT2D eigenvalue weighted by Gasteiger charge is -2.08. The molecule has 0 saturated carbocycles. The van der Waals surface area contributed by atoms with E-state index in [0.29, 0.717) is 13.0 Å². The number of amides is 1. The van der Waals surface area contributed by atoms with Crippen molar-refractivity contribution in [3.63, 3.8) is 0 Å². The van der Waals surface area contributed by atoms with Gasteiger partial charge in [0.15, 0.2) is 0 Å². The first kappa shape index (κ1) is 16.0. The van der Waals surface area contributed by atoms with Gasteiger partial charge in [-0.3, -0.25) is 4.79 Å². The second kappa shape index (κ2) is 8.20. The zero-order valence-electron chi connectivity index (χ0n) is 13.1. The first-order chi connectivity index (χ1) is 10.7. The van der Waals surface area contributed by atoms with Gasteiger partial charge in [-0.25, -0.2) is 0 Å². The average molecular weight is 298 g/mol. The van der Waals surface area contributed by atoms with Crippen LogP contribution in [0.2, 0.25) is 0 Å². The standard InChI is InChI=1S/C18H22N2O2/c1-14-4-3-5-15(12-14)13-19-11-10-18(21)20-16-6-8-17(22-2)9-7-16/h3-9,12,19H,10-11,13H2,1-2H3,(H,20,21). The van der Waals surface area contributed by atoms with E-state index in [9.17, 15) is 4.79 Å². The van der Waals surface area contributed by atoms with E-state index in [4.69, 9.17) is 4.74 Å². The molecule has 2 aromatic carbocycles. The van der Waals surface area contributed by atoms with Crippen LogP contribution in [-0.2, 0) is 11.3 Å². The zero-order valence-corrected chi connectivity index (χ0v) is 13.1. The summed E-state index contributed by atoms with van der Waals surface area (Å²) in [6.07, 6.45) is 0.442. The van der Waals surface area contributed by atoms with Gasteiger partial charge < -0.3 is 15.4 Å². The first-order valence-corrected chi connectivity index (χ1v) is 7.37. The Bertz CT molecular complexity index is 609. The second-order valence-corrected chi connectivity index (χ2v) is 5.19. The van der Waals surface area contributed by atoms with Gasteiger partial charge in [0.2, 0.25) is 5.91 Å². The SMILES string of the molecule is COc1ccc(NC(=O)CCNCc2cccc(C)c2)cc1. The molecule has 0 spiro atoms. The van der Waals surface area contributed by atoms with Gasteiger partial charge in [0.1, 0.15) is 5.75 Å². The minimum absolute atomic E-state index is 0.00177. The van der Waals surface area contributed by atoms with Crippen molar-refractivity contribution in [1.29, 1.82) is 0 Å². The predicted molar refractivity (Wildman–Crippen MR) is 89.1 cm³/mol. The number of anilines is 1. The molecule has 116 valence electrons. The van der Waals surface area contributed by atoms with Crippen molar-refractivity contribution in [2.75, 3.05) is 19.0 Å². The molecular formula is C18H22N2O2. The van der Waals surface area contributed by atoms with Crippen LogP contribution in [0, 0.1) is 6.92 Å². The summed E-state index contributed by atoms with van der Waals surface area (Å²) < 4.78 is 5.08. The second-order valence-electron chi connectivity index (χ2n) is 5.19. The van der Waals surface area contributed by atoms with Crippen LogP contribution in [-0.4, -0.2) is 19.6 Å². The van der Waals surface area contributed by atoms with E-state index in [1.54, 1.807) is 7.11 Å². The van der Waals surface area contributed by atoms with E-state index >= 15 is 0 Å². The van der Waals surface area contributed by atoms with Crippen molar-refractivity contribution in [3.8, 4) is 5.75 Å². The van der Waals surface area contributed by atoms with E-state index in [0.717, 1.165) is 18.0 Å². The van der Waals surface area contributed by atoms with Gasteiger partial charge >= 0.3 is 0 Å². The maximum atomic E-state index is 11.9. The molecule has 0 aromatic heterocycles. The smallest absolute Gasteiger partial charge is 0.225 e. The van der Waals surface area contributed by atoms with Crippen LogP contribution >= 0.6 is 0 Å². The highest BCUT2D eigenvalue weighted by Crippen LogP contribution is 2.14. The number of rotatable bonds is 7. The highest BCUT2D eigenvalue weighted by molar-refractivity contribution is 5.90. The number of aryl methyl sites for hydroxylation is 1. The molecule has 0 saturated heterocycles. The molecule has 2 rings (SSSR count). The topological polar surface area (TPSA) is 50.4 Å². The summed E-state index contributed by atoms with van der Waals surface area (Å²) in [6.45, 7) is 3.50. The molecule has 0 atom stereocenters. The number of methoxy groups -OCH3 is 1. The lowest BCUT2D eigenvalue weighted by molar-refractivity contribution is -0.116. The summed E-state index contributed by atoms with van der Waals surface area (Å²) in [6, 6.07) is 15.7. The highest BCUT2D eigenvalue weighted by atomic mass is 16.5. The van der Waals surface area contributed by atoms with Gasteiger partial charge in [0.25, 0.3) is 0 Å². The number of nitrogens with one attached hydrogen (secondary N) is 2. The van der Waals surface area contributed by atoms with Crippen LogP contribution in [0.15, 0.2) is 48.5 Å². The summed E-state index contributed by atoms with van der Waals surface area (Å²) >= 11 is 0. The number of carbonyl (C=O) groups is 1. The molecule has 2 N–H and O–H groups in total. The van der Waals surface area contributed by atoms with Gasteiger partial charge in [0.05, 0.1) is 7.11 Å². The number of carbonyl (C=O) groups excluding carboxylic acids is 1. The molecule has 0 aliphatic heterocycles. The number of ether oxygens (including phenoxy) is 1. The van der Waals surface area contributed by atoms with Gasteiger partial charge in [-0.15, -0.1) is 0 Å². The molecular weight excluding hydrogens is 276 g/mol. The Hall–Kier alpha value is -2.33. The highest BCUT2D eigenvalue weighted by Gasteiger charge is 2.02. The van der Waals surface area contributed by atoms with Crippen LogP contribution in [0.1, 0.15) is 17.5 Å². The van der Waals surface area contributed by atoms with Gasteiger partial charge in [0, 0.05) is 25.2 Å². The fourth-order valence-electron chi connectivity index (χ4n) is 2.15. The third-order valence-electron chi connectivity index (χ3n) is 3.31. The maximum absolute atomic E-state index is 11.9.